The lowest BCUT2D eigenvalue weighted by atomic mass is 9.53. The third kappa shape index (κ3) is 2.58. The quantitative estimate of drug-likeness (QED) is 0.664. The Bertz CT molecular complexity index is 579. The zero-order chi connectivity index (χ0) is 15.3. The number of aliphatic imine (C=N–C) groups is 1. The van der Waals surface area contributed by atoms with Crippen molar-refractivity contribution in [1.82, 2.24) is 0 Å². The molecule has 1 atom stereocenters. The fourth-order valence-corrected chi connectivity index (χ4v) is 5.42. The number of quaternary nitrogens is 1. The average molecular weight is 321 g/mol. The summed E-state index contributed by atoms with van der Waals surface area (Å²) in [5.74, 6) is 2.59. The molecule has 0 aromatic heterocycles. The van der Waals surface area contributed by atoms with Crippen LogP contribution in [0.5, 0.6) is 0 Å². The van der Waals surface area contributed by atoms with Crippen molar-refractivity contribution >= 4 is 23.5 Å². The molecule has 0 aliphatic heterocycles. The SMILES string of the molecule is [O-][NH+](O)c1cc(C=NC23CC4CC(CC(C4)C2)C3)ccc1Cl. The van der Waals surface area contributed by atoms with Crippen molar-refractivity contribution in [3.8, 4) is 0 Å². The molecule has 0 amide bonds. The molecule has 4 aliphatic carbocycles. The molecule has 0 saturated heterocycles. The van der Waals surface area contributed by atoms with E-state index in [9.17, 15) is 5.21 Å². The maximum absolute atomic E-state index is 11.2. The fraction of sp³-hybridized carbons (Fsp3) is 0.588. The van der Waals surface area contributed by atoms with Gasteiger partial charge in [-0.3, -0.25) is 4.99 Å². The van der Waals surface area contributed by atoms with Crippen molar-refractivity contribution in [2.45, 2.75) is 44.1 Å². The Kier molecular flexibility index (Phi) is 3.53. The number of rotatable bonds is 3. The predicted molar refractivity (Wildman–Crippen MR) is 85.7 cm³/mol. The zero-order valence-corrected chi connectivity index (χ0v) is 13.2. The van der Waals surface area contributed by atoms with Crippen LogP contribution in [0.15, 0.2) is 23.2 Å². The lowest BCUT2D eigenvalue weighted by molar-refractivity contribution is -0.991. The average Bonchev–Trinajstić information content (AvgIpc) is 2.44. The van der Waals surface area contributed by atoms with Crippen LogP contribution in [0.3, 0.4) is 0 Å². The molecule has 0 spiro atoms. The van der Waals surface area contributed by atoms with Gasteiger partial charge in [0.25, 0.3) is 0 Å². The van der Waals surface area contributed by atoms with Crippen molar-refractivity contribution in [3.05, 3.63) is 34.0 Å². The second-order valence-electron chi connectivity index (χ2n) is 7.44. The van der Waals surface area contributed by atoms with Crippen LogP contribution < -0.4 is 5.23 Å². The maximum Gasteiger partial charge on any atom is 0.183 e. The van der Waals surface area contributed by atoms with E-state index in [0.717, 1.165) is 23.3 Å². The zero-order valence-electron chi connectivity index (χ0n) is 12.5. The van der Waals surface area contributed by atoms with Gasteiger partial charge in [0, 0.05) is 12.3 Å². The van der Waals surface area contributed by atoms with Gasteiger partial charge in [0.2, 0.25) is 0 Å². The highest BCUT2D eigenvalue weighted by molar-refractivity contribution is 6.32. The van der Waals surface area contributed by atoms with E-state index < -0.39 is 5.23 Å². The minimum atomic E-state index is -0.991. The van der Waals surface area contributed by atoms with Crippen molar-refractivity contribution < 1.29 is 10.4 Å². The first-order valence-electron chi connectivity index (χ1n) is 8.11. The van der Waals surface area contributed by atoms with E-state index in [1.54, 1.807) is 12.1 Å². The number of halogens is 1. The van der Waals surface area contributed by atoms with E-state index >= 15 is 0 Å². The predicted octanol–water partition coefficient (Wildman–Crippen LogP) is 3.13. The van der Waals surface area contributed by atoms with E-state index in [1.807, 2.05) is 12.3 Å². The van der Waals surface area contributed by atoms with Gasteiger partial charge in [-0.15, -0.1) is 0 Å². The Morgan fingerprint density at radius 3 is 2.32 bits per heavy atom. The fourth-order valence-electron chi connectivity index (χ4n) is 5.22. The summed E-state index contributed by atoms with van der Waals surface area (Å²) in [5, 5.41) is 19.6. The van der Waals surface area contributed by atoms with Crippen molar-refractivity contribution in [1.29, 1.82) is 0 Å². The molecule has 2 N–H and O–H groups in total. The third-order valence-corrected chi connectivity index (χ3v) is 6.04. The Balaban J connectivity index is 1.58. The smallest absolute Gasteiger partial charge is 0.183 e. The van der Waals surface area contributed by atoms with Gasteiger partial charge in [-0.2, -0.15) is 5.23 Å². The second-order valence-corrected chi connectivity index (χ2v) is 7.85. The lowest BCUT2D eigenvalue weighted by Crippen LogP contribution is -2.99. The van der Waals surface area contributed by atoms with Crippen LogP contribution in [0, 0.1) is 23.0 Å². The van der Waals surface area contributed by atoms with Crippen molar-refractivity contribution in [2.75, 3.05) is 0 Å². The standard InChI is InChI=1S/C17H21ClN2O2/c18-15-2-1-11(6-16(15)20(21)22)10-19-17-7-12-3-13(8-17)5-14(4-12)9-17/h1-2,6,10,12-14,20-21H,3-5,7-9H2. The Morgan fingerprint density at radius 1 is 1.18 bits per heavy atom. The summed E-state index contributed by atoms with van der Waals surface area (Å²) in [6.07, 6.45) is 9.73. The lowest BCUT2D eigenvalue weighted by Gasteiger charge is -2.54. The minimum Gasteiger partial charge on any atom is -0.595 e. The highest BCUT2D eigenvalue weighted by Crippen LogP contribution is 2.57. The summed E-state index contributed by atoms with van der Waals surface area (Å²) < 4.78 is 0. The molecule has 5 heteroatoms. The van der Waals surface area contributed by atoms with Crippen LogP contribution in [-0.2, 0) is 0 Å². The number of hydrogen-bond acceptors (Lipinski definition) is 3. The van der Waals surface area contributed by atoms with Gasteiger partial charge in [0.05, 0.1) is 5.54 Å². The van der Waals surface area contributed by atoms with Crippen LogP contribution in [0.4, 0.5) is 5.69 Å². The summed E-state index contributed by atoms with van der Waals surface area (Å²) in [6, 6.07) is 5.11. The molecule has 1 aromatic carbocycles. The molecule has 4 nitrogen and oxygen atoms in total. The number of nitrogens with one attached hydrogen (secondary N) is 1. The summed E-state index contributed by atoms with van der Waals surface area (Å²) in [6.45, 7) is 0. The molecule has 0 radical (unpaired) electrons. The molecule has 1 unspecified atom stereocenters. The third-order valence-electron chi connectivity index (χ3n) is 5.71. The largest absolute Gasteiger partial charge is 0.595 e. The number of hydrogen-bond donors (Lipinski definition) is 2. The van der Waals surface area contributed by atoms with E-state index in [-0.39, 0.29) is 16.2 Å². The Hall–Kier alpha value is -0.940. The van der Waals surface area contributed by atoms with Gasteiger partial charge >= 0.3 is 0 Å². The van der Waals surface area contributed by atoms with Gasteiger partial charge in [-0.1, -0.05) is 17.7 Å². The van der Waals surface area contributed by atoms with Crippen LogP contribution in [-0.4, -0.2) is 17.0 Å². The van der Waals surface area contributed by atoms with Crippen LogP contribution in [0.25, 0.3) is 0 Å². The first-order chi connectivity index (χ1) is 10.5. The van der Waals surface area contributed by atoms with E-state index in [1.165, 1.54) is 38.5 Å². The van der Waals surface area contributed by atoms with Crippen LogP contribution in [0.2, 0.25) is 5.02 Å². The molecule has 4 aliphatic rings. The molecule has 4 saturated carbocycles. The molecule has 4 bridgehead atoms. The van der Waals surface area contributed by atoms with Crippen LogP contribution in [0.1, 0.15) is 44.1 Å². The highest BCUT2D eigenvalue weighted by atomic mass is 35.5. The van der Waals surface area contributed by atoms with Gasteiger partial charge in [-0.05, 0) is 67.9 Å². The van der Waals surface area contributed by atoms with E-state index in [2.05, 4.69) is 0 Å². The first-order valence-corrected chi connectivity index (χ1v) is 8.49. The van der Waals surface area contributed by atoms with Gasteiger partial charge in [0.1, 0.15) is 5.02 Å². The molecule has 22 heavy (non-hydrogen) atoms. The highest BCUT2D eigenvalue weighted by Gasteiger charge is 2.50. The molecule has 0 heterocycles. The summed E-state index contributed by atoms with van der Waals surface area (Å²) in [7, 11) is 0. The van der Waals surface area contributed by atoms with Crippen molar-refractivity contribution in [2.24, 2.45) is 22.7 Å². The monoisotopic (exact) mass is 320 g/mol. The first kappa shape index (κ1) is 14.6. The summed E-state index contributed by atoms with van der Waals surface area (Å²) >= 11 is 5.92. The molecule has 4 fully saturated rings. The van der Waals surface area contributed by atoms with E-state index in [0.29, 0.717) is 0 Å². The Labute approximate surface area is 135 Å². The number of benzene rings is 1. The van der Waals surface area contributed by atoms with Gasteiger partial charge in [0.15, 0.2) is 5.69 Å². The summed E-state index contributed by atoms with van der Waals surface area (Å²) in [5.41, 5.74) is 1.10. The van der Waals surface area contributed by atoms with Crippen LogP contribution >= 0.6 is 11.6 Å². The molecule has 1 aromatic rings. The molecule has 118 valence electrons. The van der Waals surface area contributed by atoms with Gasteiger partial charge in [-0.25, -0.2) is 5.21 Å². The second kappa shape index (κ2) is 5.31. The van der Waals surface area contributed by atoms with Gasteiger partial charge < -0.3 is 5.21 Å². The minimum absolute atomic E-state index is 0.123. The number of nitrogens with zero attached hydrogens (tertiary/aromatic N) is 1. The maximum atomic E-state index is 11.2. The van der Waals surface area contributed by atoms with Crippen molar-refractivity contribution in [3.63, 3.8) is 0 Å². The van der Waals surface area contributed by atoms with E-state index in [4.69, 9.17) is 21.8 Å². The molecule has 5 rings (SSSR count). The molecular formula is C17H21ClN2O2. The summed E-state index contributed by atoms with van der Waals surface area (Å²) in [4.78, 5) is 4.96. The molecular weight excluding hydrogens is 300 g/mol. The topological polar surface area (TPSA) is 60.1 Å². The normalized spacial score (nSPS) is 37.9. The Morgan fingerprint density at radius 2 is 1.77 bits per heavy atom.